The predicted octanol–water partition coefficient (Wildman–Crippen LogP) is 2.02. The Balaban J connectivity index is 2.71. The summed E-state index contributed by atoms with van der Waals surface area (Å²) in [5, 5.41) is 0. The third kappa shape index (κ3) is 0.994. The highest BCUT2D eigenvalue weighted by molar-refractivity contribution is 14.1. The molecule has 1 amide bonds. The zero-order valence-electron chi connectivity index (χ0n) is 5.54. The van der Waals surface area contributed by atoms with E-state index >= 15 is 0 Å². The molecule has 1 aromatic carbocycles. The van der Waals surface area contributed by atoms with Crippen LogP contribution in [0.25, 0.3) is 0 Å². The lowest BCUT2D eigenvalue weighted by Gasteiger charge is -1.92. The summed E-state index contributed by atoms with van der Waals surface area (Å²) in [6.07, 6.45) is 0. The van der Waals surface area contributed by atoms with Crippen LogP contribution in [0.4, 0.5) is 0 Å². The molecule has 0 N–H and O–H groups in total. The molecule has 0 atom stereocenters. The third-order valence-corrected chi connectivity index (χ3v) is 2.40. The van der Waals surface area contributed by atoms with Gasteiger partial charge in [0.25, 0.3) is 5.91 Å². The topological polar surface area (TPSA) is 29.4 Å². The Morgan fingerprint density at radius 2 is 1.82 bits per heavy atom. The molecular formula is C8H4INO. The lowest BCUT2D eigenvalue weighted by atomic mass is 10.1. The Hall–Kier alpha value is -0.710. The molecule has 0 bridgehead atoms. The molecule has 1 aliphatic rings. The van der Waals surface area contributed by atoms with Crippen LogP contribution in [-0.4, -0.2) is 9.63 Å². The maximum Gasteiger partial charge on any atom is 0.278 e. The lowest BCUT2D eigenvalue weighted by molar-refractivity contribution is 0.101. The molecule has 0 saturated heterocycles. The molecule has 1 aliphatic heterocycles. The van der Waals surface area contributed by atoms with Crippen molar-refractivity contribution in [1.82, 2.24) is 0 Å². The average molecular weight is 257 g/mol. The largest absolute Gasteiger partial charge is 0.278 e. The van der Waals surface area contributed by atoms with Crippen molar-refractivity contribution in [3.8, 4) is 0 Å². The number of aliphatic imine (C=N–C) groups is 1. The number of nitrogens with zero attached hydrogens (tertiary/aromatic N) is 1. The van der Waals surface area contributed by atoms with E-state index < -0.39 is 0 Å². The van der Waals surface area contributed by atoms with E-state index in [1.54, 1.807) is 6.07 Å². The molecule has 3 heteroatoms. The Morgan fingerprint density at radius 1 is 1.18 bits per heavy atom. The van der Waals surface area contributed by atoms with E-state index in [1.807, 2.05) is 18.2 Å². The van der Waals surface area contributed by atoms with Gasteiger partial charge in [-0.25, -0.2) is 4.99 Å². The molecule has 11 heavy (non-hydrogen) atoms. The molecule has 0 aromatic heterocycles. The van der Waals surface area contributed by atoms with Crippen molar-refractivity contribution < 1.29 is 4.79 Å². The minimum atomic E-state index is -0.120. The smallest absolute Gasteiger partial charge is 0.267 e. The molecule has 0 aliphatic carbocycles. The van der Waals surface area contributed by atoms with Crippen molar-refractivity contribution in [1.29, 1.82) is 0 Å². The summed E-state index contributed by atoms with van der Waals surface area (Å²) >= 11 is 2.07. The predicted molar refractivity (Wildman–Crippen MR) is 51.3 cm³/mol. The fourth-order valence-electron chi connectivity index (χ4n) is 1.06. The summed E-state index contributed by atoms with van der Waals surface area (Å²) < 4.78 is 0.795. The first kappa shape index (κ1) is 6.97. The number of fused-ring (bicyclic) bond motifs is 1. The van der Waals surface area contributed by atoms with Crippen molar-refractivity contribution in [3.05, 3.63) is 35.4 Å². The zero-order valence-corrected chi connectivity index (χ0v) is 7.70. The first-order valence-corrected chi connectivity index (χ1v) is 4.25. The maximum absolute atomic E-state index is 11.1. The van der Waals surface area contributed by atoms with E-state index in [-0.39, 0.29) is 5.91 Å². The summed E-state index contributed by atoms with van der Waals surface area (Å²) in [6, 6.07) is 7.46. The summed E-state index contributed by atoms with van der Waals surface area (Å²) in [6.45, 7) is 0. The van der Waals surface area contributed by atoms with Crippen LogP contribution < -0.4 is 0 Å². The van der Waals surface area contributed by atoms with Crippen LogP contribution in [0, 0.1) is 0 Å². The number of amides is 1. The van der Waals surface area contributed by atoms with Crippen molar-refractivity contribution >= 4 is 32.2 Å². The summed E-state index contributed by atoms with van der Waals surface area (Å²) in [5.74, 6) is -0.120. The number of hydrogen-bond donors (Lipinski definition) is 0. The van der Waals surface area contributed by atoms with Gasteiger partial charge in [0.2, 0.25) is 0 Å². The second-order valence-corrected chi connectivity index (χ2v) is 3.28. The van der Waals surface area contributed by atoms with Crippen LogP contribution in [-0.2, 0) is 0 Å². The second kappa shape index (κ2) is 2.41. The second-order valence-electron chi connectivity index (χ2n) is 2.25. The zero-order chi connectivity index (χ0) is 7.84. The van der Waals surface area contributed by atoms with Crippen LogP contribution in [0.5, 0.6) is 0 Å². The molecule has 0 saturated carbocycles. The van der Waals surface area contributed by atoms with Gasteiger partial charge >= 0.3 is 0 Å². The number of halogens is 1. The van der Waals surface area contributed by atoms with Crippen molar-refractivity contribution in [2.45, 2.75) is 0 Å². The van der Waals surface area contributed by atoms with Gasteiger partial charge in [0.15, 0.2) is 0 Å². The lowest BCUT2D eigenvalue weighted by Crippen LogP contribution is -1.90. The third-order valence-electron chi connectivity index (χ3n) is 1.58. The molecular weight excluding hydrogens is 253 g/mol. The SMILES string of the molecule is O=C1N=C(I)c2ccccc21. The van der Waals surface area contributed by atoms with Gasteiger partial charge in [0.05, 0.1) is 5.56 Å². The Kier molecular flexibility index (Phi) is 1.52. The van der Waals surface area contributed by atoms with Crippen molar-refractivity contribution in [2.75, 3.05) is 0 Å². The molecule has 2 nitrogen and oxygen atoms in total. The van der Waals surface area contributed by atoms with Gasteiger partial charge in [-0.2, -0.15) is 0 Å². The molecule has 2 rings (SSSR count). The van der Waals surface area contributed by atoms with E-state index in [2.05, 4.69) is 27.6 Å². The molecule has 0 radical (unpaired) electrons. The van der Waals surface area contributed by atoms with Crippen LogP contribution >= 0.6 is 22.6 Å². The normalized spacial score (nSPS) is 14.6. The number of carbonyl (C=O) groups excluding carboxylic acids is 1. The van der Waals surface area contributed by atoms with Gasteiger partial charge < -0.3 is 0 Å². The minimum Gasteiger partial charge on any atom is -0.267 e. The quantitative estimate of drug-likeness (QED) is 0.654. The number of rotatable bonds is 0. The van der Waals surface area contributed by atoms with Gasteiger partial charge in [0, 0.05) is 5.56 Å². The van der Waals surface area contributed by atoms with Gasteiger partial charge in [-0.15, -0.1) is 0 Å². The fraction of sp³-hybridized carbons (Fsp3) is 0. The molecule has 1 aromatic rings. The summed E-state index contributed by atoms with van der Waals surface area (Å²) in [5.41, 5.74) is 1.68. The Bertz CT molecular complexity index is 357. The highest BCUT2D eigenvalue weighted by atomic mass is 127. The number of carbonyl (C=O) groups is 1. The maximum atomic E-state index is 11.1. The highest BCUT2D eigenvalue weighted by Crippen LogP contribution is 2.21. The molecule has 0 fully saturated rings. The molecule has 0 spiro atoms. The van der Waals surface area contributed by atoms with Gasteiger partial charge in [-0.1, -0.05) is 18.2 Å². The first-order valence-electron chi connectivity index (χ1n) is 3.17. The Labute approximate surface area is 77.5 Å². The van der Waals surface area contributed by atoms with E-state index in [1.165, 1.54) is 0 Å². The monoisotopic (exact) mass is 257 g/mol. The van der Waals surface area contributed by atoms with Crippen LogP contribution in [0.1, 0.15) is 15.9 Å². The van der Waals surface area contributed by atoms with Crippen molar-refractivity contribution in [3.63, 3.8) is 0 Å². The van der Waals surface area contributed by atoms with Gasteiger partial charge in [0.1, 0.15) is 3.72 Å². The van der Waals surface area contributed by atoms with E-state index in [4.69, 9.17) is 0 Å². The van der Waals surface area contributed by atoms with E-state index in [0.29, 0.717) is 0 Å². The van der Waals surface area contributed by atoms with E-state index in [0.717, 1.165) is 14.8 Å². The number of benzene rings is 1. The average Bonchev–Trinajstić information content (AvgIpc) is 2.30. The first-order chi connectivity index (χ1) is 5.29. The standard InChI is InChI=1S/C8H4INO/c9-7-5-3-1-2-4-6(5)8(11)10-7/h1-4H. The van der Waals surface area contributed by atoms with Crippen LogP contribution in [0.3, 0.4) is 0 Å². The minimum absolute atomic E-state index is 0.120. The van der Waals surface area contributed by atoms with Crippen LogP contribution in [0.15, 0.2) is 29.3 Å². The molecule has 54 valence electrons. The number of hydrogen-bond acceptors (Lipinski definition) is 1. The highest BCUT2D eigenvalue weighted by Gasteiger charge is 2.19. The fourth-order valence-corrected chi connectivity index (χ4v) is 1.75. The summed E-state index contributed by atoms with van der Waals surface area (Å²) in [7, 11) is 0. The molecule has 0 unspecified atom stereocenters. The van der Waals surface area contributed by atoms with E-state index in [9.17, 15) is 4.79 Å². The summed E-state index contributed by atoms with van der Waals surface area (Å²) in [4.78, 5) is 14.9. The van der Waals surface area contributed by atoms with Gasteiger partial charge in [-0.05, 0) is 28.7 Å². The van der Waals surface area contributed by atoms with Crippen LogP contribution in [0.2, 0.25) is 0 Å². The van der Waals surface area contributed by atoms with Gasteiger partial charge in [-0.3, -0.25) is 4.79 Å². The molecule has 1 heterocycles. The van der Waals surface area contributed by atoms with Crippen molar-refractivity contribution in [2.24, 2.45) is 4.99 Å². The Morgan fingerprint density at radius 3 is 2.45 bits per heavy atom.